The summed E-state index contributed by atoms with van der Waals surface area (Å²) in [6, 6.07) is 9.38. The standard InChI is InChI=1S/C13H18NO4P/c1-2-3-9-12(18-19-16)14-13(15)17-10-11-7-5-4-6-8-11/h4-8,12H,2-3,9-10H2,1H3,(H,14,15). The van der Waals surface area contributed by atoms with Crippen molar-refractivity contribution in [2.45, 2.75) is 39.0 Å². The molecule has 1 rings (SSSR count). The maximum Gasteiger partial charge on any atom is 0.409 e. The van der Waals surface area contributed by atoms with Crippen LogP contribution in [0.3, 0.4) is 0 Å². The highest BCUT2D eigenvalue weighted by Crippen LogP contribution is 2.09. The molecule has 1 N–H and O–H groups in total. The average molecular weight is 283 g/mol. The molecule has 19 heavy (non-hydrogen) atoms. The lowest BCUT2D eigenvalue weighted by Gasteiger charge is -2.15. The van der Waals surface area contributed by atoms with E-state index >= 15 is 0 Å². The summed E-state index contributed by atoms with van der Waals surface area (Å²) in [5, 5.41) is 2.53. The third-order valence-corrected chi connectivity index (χ3v) is 2.82. The molecule has 5 nitrogen and oxygen atoms in total. The number of amides is 1. The van der Waals surface area contributed by atoms with E-state index < -0.39 is 21.0 Å². The smallest absolute Gasteiger partial charge is 0.409 e. The molecule has 0 fully saturated rings. The van der Waals surface area contributed by atoms with E-state index in [2.05, 4.69) is 5.32 Å². The van der Waals surface area contributed by atoms with Gasteiger partial charge in [-0.3, -0.25) is 9.84 Å². The Hall–Kier alpha value is -1.45. The van der Waals surface area contributed by atoms with Crippen LogP contribution in [0.5, 0.6) is 0 Å². The van der Waals surface area contributed by atoms with Crippen molar-refractivity contribution < 1.29 is 18.6 Å². The Morgan fingerprint density at radius 3 is 2.74 bits per heavy atom. The molecule has 0 aliphatic carbocycles. The van der Waals surface area contributed by atoms with Gasteiger partial charge in [-0.2, -0.15) is 0 Å². The molecule has 0 saturated carbocycles. The van der Waals surface area contributed by atoms with Crippen LogP contribution < -0.4 is 5.32 Å². The second kappa shape index (κ2) is 9.48. The van der Waals surface area contributed by atoms with Crippen molar-refractivity contribution in [3.63, 3.8) is 0 Å². The van der Waals surface area contributed by atoms with Crippen molar-refractivity contribution in [3.05, 3.63) is 35.9 Å². The second-order valence-corrected chi connectivity index (χ2v) is 4.38. The summed E-state index contributed by atoms with van der Waals surface area (Å²) >= 11 is 0. The molecule has 6 heteroatoms. The fourth-order valence-corrected chi connectivity index (χ4v) is 1.75. The van der Waals surface area contributed by atoms with E-state index in [1.807, 2.05) is 37.3 Å². The molecule has 0 aromatic heterocycles. The number of carbonyl (C=O) groups excluding carboxylic acids is 1. The van der Waals surface area contributed by atoms with E-state index in [4.69, 9.17) is 9.26 Å². The number of nitrogens with one attached hydrogen (secondary N) is 1. The Labute approximate surface area is 114 Å². The molecule has 0 aliphatic rings. The molecular formula is C13H18NO4P. The summed E-state index contributed by atoms with van der Waals surface area (Å²) in [7, 11) is -0.450. The number of carbonyl (C=O) groups is 1. The van der Waals surface area contributed by atoms with Crippen molar-refractivity contribution >= 4 is 14.8 Å². The van der Waals surface area contributed by atoms with Gasteiger partial charge < -0.3 is 4.74 Å². The van der Waals surface area contributed by atoms with Gasteiger partial charge in [-0.25, -0.2) is 9.36 Å². The van der Waals surface area contributed by atoms with Gasteiger partial charge in [0.25, 0.3) is 0 Å². The van der Waals surface area contributed by atoms with Crippen molar-refractivity contribution in [2.75, 3.05) is 0 Å². The van der Waals surface area contributed by atoms with Gasteiger partial charge >= 0.3 is 14.8 Å². The summed E-state index contributed by atoms with van der Waals surface area (Å²) in [6.45, 7) is 2.22. The van der Waals surface area contributed by atoms with Gasteiger partial charge in [0.1, 0.15) is 12.8 Å². The van der Waals surface area contributed by atoms with Gasteiger partial charge in [0.2, 0.25) is 0 Å². The second-order valence-electron chi connectivity index (χ2n) is 4.02. The molecular weight excluding hydrogens is 265 g/mol. The normalized spacial score (nSPS) is 12.1. The third kappa shape index (κ3) is 6.89. The Kier molecular flexibility index (Phi) is 7.78. The van der Waals surface area contributed by atoms with Crippen molar-refractivity contribution in [3.8, 4) is 0 Å². The first-order valence-corrected chi connectivity index (χ1v) is 6.95. The minimum atomic E-state index is -0.581. The maximum absolute atomic E-state index is 11.5. The molecule has 0 heterocycles. The average Bonchev–Trinajstić information content (AvgIpc) is 2.44. The van der Waals surface area contributed by atoms with Gasteiger partial charge in [0, 0.05) is 0 Å². The van der Waals surface area contributed by atoms with E-state index in [1.54, 1.807) is 0 Å². The first kappa shape index (κ1) is 15.6. The van der Waals surface area contributed by atoms with Crippen LogP contribution in [0.15, 0.2) is 30.3 Å². The summed E-state index contributed by atoms with van der Waals surface area (Å²) in [5.41, 5.74) is 0.908. The highest BCUT2D eigenvalue weighted by molar-refractivity contribution is 7.17. The van der Waals surface area contributed by atoms with Gasteiger partial charge in [-0.05, 0) is 18.4 Å². The van der Waals surface area contributed by atoms with Crippen LogP contribution >= 0.6 is 8.69 Å². The first-order valence-electron chi connectivity index (χ1n) is 6.22. The van der Waals surface area contributed by atoms with Crippen LogP contribution in [0, 0.1) is 0 Å². The van der Waals surface area contributed by atoms with Crippen molar-refractivity contribution in [1.29, 1.82) is 0 Å². The Morgan fingerprint density at radius 2 is 2.11 bits per heavy atom. The number of rotatable bonds is 8. The van der Waals surface area contributed by atoms with Crippen molar-refractivity contribution in [1.82, 2.24) is 5.32 Å². The summed E-state index contributed by atoms with van der Waals surface area (Å²) in [6.07, 6.45) is 1.29. The zero-order valence-electron chi connectivity index (χ0n) is 10.9. The molecule has 1 aromatic rings. The number of hydrogen-bond acceptors (Lipinski definition) is 4. The van der Waals surface area contributed by atoms with Crippen molar-refractivity contribution in [2.24, 2.45) is 0 Å². The topological polar surface area (TPSA) is 64.6 Å². The predicted molar refractivity (Wildman–Crippen MR) is 71.8 cm³/mol. The Morgan fingerprint density at radius 1 is 1.37 bits per heavy atom. The zero-order valence-corrected chi connectivity index (χ0v) is 11.8. The van der Waals surface area contributed by atoms with E-state index in [0.29, 0.717) is 6.42 Å². The fraction of sp³-hybridized carbons (Fsp3) is 0.462. The molecule has 1 amide bonds. The van der Waals surface area contributed by atoms with Gasteiger partial charge in [-0.15, -0.1) is 0 Å². The number of benzene rings is 1. The minimum absolute atomic E-state index is 0.197. The van der Waals surface area contributed by atoms with Crippen LogP contribution in [0.2, 0.25) is 0 Å². The van der Waals surface area contributed by atoms with E-state index in [-0.39, 0.29) is 6.61 Å². The van der Waals surface area contributed by atoms with Gasteiger partial charge in [0.15, 0.2) is 0 Å². The maximum atomic E-state index is 11.5. The van der Waals surface area contributed by atoms with Crippen LogP contribution in [0.4, 0.5) is 4.79 Å². The molecule has 104 valence electrons. The van der Waals surface area contributed by atoms with E-state index in [1.165, 1.54) is 0 Å². The molecule has 0 aliphatic heterocycles. The SMILES string of the molecule is CCCCC(NC(=O)OCc1ccccc1)OP=O. The number of hydrogen-bond donors (Lipinski definition) is 1. The Bertz CT molecular complexity index is 385. The Balaban J connectivity index is 2.33. The highest BCUT2D eigenvalue weighted by atomic mass is 31.1. The molecule has 0 radical (unpaired) electrons. The van der Waals surface area contributed by atoms with Gasteiger partial charge in [0.05, 0.1) is 0 Å². The highest BCUT2D eigenvalue weighted by Gasteiger charge is 2.13. The largest absolute Gasteiger partial charge is 0.445 e. The summed E-state index contributed by atoms with van der Waals surface area (Å²) in [5.74, 6) is 0. The zero-order chi connectivity index (χ0) is 13.9. The van der Waals surface area contributed by atoms with Crippen LogP contribution in [-0.2, 0) is 20.4 Å². The minimum Gasteiger partial charge on any atom is -0.445 e. The molecule has 0 bridgehead atoms. The van der Waals surface area contributed by atoms with Gasteiger partial charge in [-0.1, -0.05) is 43.7 Å². The van der Waals surface area contributed by atoms with E-state index in [0.717, 1.165) is 18.4 Å². The number of ether oxygens (including phenoxy) is 1. The lowest BCUT2D eigenvalue weighted by Crippen LogP contribution is -2.35. The van der Waals surface area contributed by atoms with E-state index in [9.17, 15) is 9.36 Å². The number of unbranched alkanes of at least 4 members (excludes halogenated alkanes) is 1. The molecule has 1 aromatic carbocycles. The van der Waals surface area contributed by atoms with Crippen LogP contribution in [-0.4, -0.2) is 12.3 Å². The van der Waals surface area contributed by atoms with Crippen LogP contribution in [0.1, 0.15) is 31.7 Å². The predicted octanol–water partition coefficient (Wildman–Crippen LogP) is 3.65. The molecule has 0 spiro atoms. The lowest BCUT2D eigenvalue weighted by molar-refractivity contribution is 0.107. The molecule has 0 saturated heterocycles. The lowest BCUT2D eigenvalue weighted by atomic mass is 10.2. The third-order valence-electron chi connectivity index (χ3n) is 2.48. The fourth-order valence-electron chi connectivity index (χ4n) is 1.49. The van der Waals surface area contributed by atoms with Crippen LogP contribution in [0.25, 0.3) is 0 Å². The summed E-state index contributed by atoms with van der Waals surface area (Å²) < 4.78 is 20.3. The first-order chi connectivity index (χ1) is 9.26. The quantitative estimate of drug-likeness (QED) is 0.584. The molecule has 1 unspecified atom stereocenters. The number of alkyl carbamates (subject to hydrolysis) is 1. The summed E-state index contributed by atoms with van der Waals surface area (Å²) in [4.78, 5) is 11.5. The molecule has 1 atom stereocenters. The monoisotopic (exact) mass is 283 g/mol.